The Bertz CT molecular complexity index is 1050. The van der Waals surface area contributed by atoms with Crippen LogP contribution in [0.3, 0.4) is 0 Å². The van der Waals surface area contributed by atoms with Gasteiger partial charge in [0.15, 0.2) is 5.65 Å². The van der Waals surface area contributed by atoms with Crippen molar-refractivity contribution in [3.8, 4) is 0 Å². The lowest BCUT2D eigenvalue weighted by Crippen LogP contribution is -2.49. The number of carbonyl (C=O) groups excluding carboxylic acids is 1. The van der Waals surface area contributed by atoms with E-state index in [4.69, 9.17) is 9.84 Å². The Balaban J connectivity index is 1.60. The molecule has 2 aromatic rings. The molecule has 0 radical (unpaired) electrons. The molecule has 1 amide bonds. The van der Waals surface area contributed by atoms with Crippen LogP contribution in [0.5, 0.6) is 0 Å². The number of nitrogens with zero attached hydrogens (tertiary/aromatic N) is 4. The van der Waals surface area contributed by atoms with Gasteiger partial charge in [0.1, 0.15) is 5.60 Å². The molecule has 2 aromatic heterocycles. The topological polar surface area (TPSA) is 59.7 Å². The summed E-state index contributed by atoms with van der Waals surface area (Å²) in [6, 6.07) is 3.94. The summed E-state index contributed by atoms with van der Waals surface area (Å²) < 4.78 is 46.7. The van der Waals surface area contributed by atoms with Gasteiger partial charge < -0.3 is 9.64 Å². The molecule has 1 aliphatic carbocycles. The van der Waals surface area contributed by atoms with Crippen molar-refractivity contribution in [2.75, 3.05) is 13.1 Å². The Hall–Kier alpha value is -2.32. The van der Waals surface area contributed by atoms with E-state index in [2.05, 4.69) is 11.9 Å². The highest BCUT2D eigenvalue weighted by Crippen LogP contribution is 2.43. The first-order chi connectivity index (χ1) is 15.7. The number of rotatable bonds is 2. The van der Waals surface area contributed by atoms with E-state index in [-0.39, 0.29) is 30.3 Å². The zero-order valence-corrected chi connectivity index (χ0v) is 20.7. The van der Waals surface area contributed by atoms with Gasteiger partial charge in [0, 0.05) is 36.2 Å². The van der Waals surface area contributed by atoms with E-state index in [0.717, 1.165) is 29.9 Å². The summed E-state index contributed by atoms with van der Waals surface area (Å²) in [5.41, 5.74) is 2.43. The number of likely N-dealkylation sites (tertiary alicyclic amines) is 1. The van der Waals surface area contributed by atoms with E-state index in [9.17, 15) is 18.0 Å². The highest BCUT2D eigenvalue weighted by atomic mass is 19.4. The molecule has 34 heavy (non-hydrogen) atoms. The van der Waals surface area contributed by atoms with E-state index in [1.807, 2.05) is 44.3 Å². The summed E-state index contributed by atoms with van der Waals surface area (Å²) in [7, 11) is 0. The Labute approximate surface area is 198 Å². The fraction of sp³-hybridized carbons (Fsp3) is 0.720. The van der Waals surface area contributed by atoms with E-state index in [1.165, 1.54) is 0 Å². The van der Waals surface area contributed by atoms with Crippen molar-refractivity contribution < 1.29 is 22.7 Å². The second-order valence-corrected chi connectivity index (χ2v) is 11.3. The molecule has 9 heteroatoms. The smallest absolute Gasteiger partial charge is 0.410 e. The SMILES string of the molecule is Cc1cc([C@@]2(C)CCCN(C(=O)OC(C)(C)C)C2)n2nc([C@H]3CC[C@H](C(F)(F)F)CC3)cc2n1. The van der Waals surface area contributed by atoms with Crippen molar-refractivity contribution in [3.63, 3.8) is 0 Å². The Kier molecular flexibility index (Phi) is 6.36. The number of aromatic nitrogens is 3. The molecule has 1 saturated heterocycles. The van der Waals surface area contributed by atoms with Gasteiger partial charge in [-0.3, -0.25) is 0 Å². The first-order valence-electron chi connectivity index (χ1n) is 12.2. The lowest BCUT2D eigenvalue weighted by molar-refractivity contribution is -0.182. The van der Waals surface area contributed by atoms with Gasteiger partial charge in [0.25, 0.3) is 0 Å². The molecule has 188 valence electrons. The van der Waals surface area contributed by atoms with Gasteiger partial charge in [-0.25, -0.2) is 14.3 Å². The highest BCUT2D eigenvalue weighted by Gasteiger charge is 2.42. The maximum atomic E-state index is 13.1. The summed E-state index contributed by atoms with van der Waals surface area (Å²) in [6.45, 7) is 10.8. The number of halogens is 3. The van der Waals surface area contributed by atoms with Crippen molar-refractivity contribution in [1.82, 2.24) is 19.5 Å². The van der Waals surface area contributed by atoms with Crippen LogP contribution >= 0.6 is 0 Å². The molecule has 0 unspecified atom stereocenters. The molecule has 1 saturated carbocycles. The summed E-state index contributed by atoms with van der Waals surface area (Å²) in [4.78, 5) is 19.2. The fourth-order valence-electron chi connectivity index (χ4n) is 5.39. The number of piperidine rings is 1. The van der Waals surface area contributed by atoms with Gasteiger partial charge in [0.05, 0.1) is 17.3 Å². The maximum Gasteiger partial charge on any atom is 0.410 e. The number of alkyl halides is 3. The average molecular weight is 481 g/mol. The lowest BCUT2D eigenvalue weighted by Gasteiger charge is -2.41. The fourth-order valence-corrected chi connectivity index (χ4v) is 5.39. The van der Waals surface area contributed by atoms with Gasteiger partial charge in [-0.15, -0.1) is 0 Å². The number of hydrogen-bond donors (Lipinski definition) is 0. The predicted octanol–water partition coefficient (Wildman–Crippen LogP) is 6.16. The Morgan fingerprint density at radius 2 is 1.82 bits per heavy atom. The molecule has 6 nitrogen and oxygen atoms in total. The van der Waals surface area contributed by atoms with E-state index < -0.39 is 17.7 Å². The molecular weight excluding hydrogens is 445 g/mol. The van der Waals surface area contributed by atoms with Crippen LogP contribution in [0.15, 0.2) is 12.1 Å². The second kappa shape index (κ2) is 8.72. The lowest BCUT2D eigenvalue weighted by atomic mass is 9.78. The summed E-state index contributed by atoms with van der Waals surface area (Å²) in [6.07, 6.45) is -1.47. The molecule has 2 aliphatic rings. The highest BCUT2D eigenvalue weighted by molar-refractivity contribution is 5.68. The second-order valence-electron chi connectivity index (χ2n) is 11.3. The molecule has 2 fully saturated rings. The number of fused-ring (bicyclic) bond motifs is 1. The third kappa shape index (κ3) is 5.18. The largest absolute Gasteiger partial charge is 0.444 e. The number of amides is 1. The number of hydrogen-bond acceptors (Lipinski definition) is 4. The molecule has 1 aliphatic heterocycles. The standard InChI is InChI=1S/C25H35F3N4O2/c1-16-13-20(24(5)11-6-12-31(15-24)22(33)34-23(2,3)4)32-21(29-16)14-19(30-32)17-7-9-18(10-8-17)25(26,27)28/h13-14,17-18H,6-12,15H2,1-5H3/t17-,18-,24-/m0/s1. The van der Waals surface area contributed by atoms with Crippen LogP contribution in [0.25, 0.3) is 5.65 Å². The van der Waals surface area contributed by atoms with Crippen molar-refractivity contribution >= 4 is 11.7 Å². The summed E-state index contributed by atoms with van der Waals surface area (Å²) >= 11 is 0. The number of carbonyl (C=O) groups is 1. The van der Waals surface area contributed by atoms with Gasteiger partial charge in [0.2, 0.25) is 0 Å². The first-order valence-corrected chi connectivity index (χ1v) is 12.2. The molecule has 0 spiro atoms. The zero-order valence-electron chi connectivity index (χ0n) is 20.7. The van der Waals surface area contributed by atoms with Crippen LogP contribution < -0.4 is 0 Å². The number of aryl methyl sites for hydroxylation is 1. The van der Waals surface area contributed by atoms with Crippen LogP contribution in [0.1, 0.15) is 89.2 Å². The predicted molar refractivity (Wildman–Crippen MR) is 123 cm³/mol. The zero-order chi connectivity index (χ0) is 24.9. The third-order valence-electron chi connectivity index (χ3n) is 7.15. The molecule has 4 rings (SSSR count). The third-order valence-corrected chi connectivity index (χ3v) is 7.15. The maximum absolute atomic E-state index is 13.1. The van der Waals surface area contributed by atoms with Gasteiger partial charge in [-0.05, 0) is 72.3 Å². The normalized spacial score (nSPS) is 26.6. The molecule has 1 atom stereocenters. The summed E-state index contributed by atoms with van der Waals surface area (Å²) in [5.74, 6) is -1.21. The molecule has 0 bridgehead atoms. The average Bonchev–Trinajstić information content (AvgIpc) is 3.15. The van der Waals surface area contributed by atoms with Crippen LogP contribution in [0.2, 0.25) is 0 Å². The Morgan fingerprint density at radius 3 is 2.44 bits per heavy atom. The van der Waals surface area contributed by atoms with E-state index >= 15 is 0 Å². The van der Waals surface area contributed by atoms with Crippen LogP contribution in [-0.4, -0.2) is 50.5 Å². The first kappa shape index (κ1) is 24.8. The van der Waals surface area contributed by atoms with Gasteiger partial charge in [-0.1, -0.05) is 6.92 Å². The minimum Gasteiger partial charge on any atom is -0.444 e. The van der Waals surface area contributed by atoms with Crippen molar-refractivity contribution in [3.05, 3.63) is 29.2 Å². The quantitative estimate of drug-likeness (QED) is 0.516. The monoisotopic (exact) mass is 480 g/mol. The Morgan fingerprint density at radius 1 is 1.15 bits per heavy atom. The van der Waals surface area contributed by atoms with Crippen molar-refractivity contribution in [2.24, 2.45) is 5.92 Å². The molecule has 3 heterocycles. The van der Waals surface area contributed by atoms with Gasteiger partial charge >= 0.3 is 12.3 Å². The van der Waals surface area contributed by atoms with Crippen molar-refractivity contribution in [2.45, 2.75) is 96.3 Å². The molecule has 0 N–H and O–H groups in total. The minimum atomic E-state index is -4.12. The molecular formula is C25H35F3N4O2. The van der Waals surface area contributed by atoms with E-state index in [0.29, 0.717) is 31.6 Å². The van der Waals surface area contributed by atoms with Crippen molar-refractivity contribution in [1.29, 1.82) is 0 Å². The summed E-state index contributed by atoms with van der Waals surface area (Å²) in [5, 5.41) is 4.85. The van der Waals surface area contributed by atoms with E-state index in [1.54, 1.807) is 4.90 Å². The number of ether oxygens (including phenoxy) is 1. The van der Waals surface area contributed by atoms with Crippen LogP contribution in [-0.2, 0) is 10.2 Å². The minimum absolute atomic E-state index is 0.00544. The van der Waals surface area contributed by atoms with Gasteiger partial charge in [-0.2, -0.15) is 18.3 Å². The van der Waals surface area contributed by atoms with Crippen LogP contribution in [0.4, 0.5) is 18.0 Å². The molecule has 0 aromatic carbocycles. The van der Waals surface area contributed by atoms with Crippen LogP contribution in [0, 0.1) is 12.8 Å².